The van der Waals surface area contributed by atoms with Gasteiger partial charge in [0.2, 0.25) is 29.5 Å². The third-order valence-electron chi connectivity index (χ3n) is 14.3. The largest absolute Gasteiger partial charge is 0.480 e. The van der Waals surface area contributed by atoms with Crippen molar-refractivity contribution in [3.8, 4) is 11.4 Å². The first-order valence-electron chi connectivity index (χ1n) is 24.3. The lowest BCUT2D eigenvalue weighted by Gasteiger charge is -2.31. The van der Waals surface area contributed by atoms with Gasteiger partial charge < -0.3 is 35.5 Å². The molecular formula is C52H56FN7O13. The molecule has 0 bridgehead atoms. The quantitative estimate of drug-likeness (QED) is 0.0518. The van der Waals surface area contributed by atoms with Gasteiger partial charge in [-0.3, -0.25) is 53.0 Å². The van der Waals surface area contributed by atoms with Crippen molar-refractivity contribution in [1.82, 2.24) is 35.3 Å². The molecule has 4 aliphatic rings. The van der Waals surface area contributed by atoms with E-state index in [0.29, 0.717) is 57.4 Å². The summed E-state index contributed by atoms with van der Waals surface area (Å²) in [6.45, 7) is 2.60. The number of Topliss-reactive ketones (excluding diaryl/α,β-unsaturated/α-hetero) is 2. The molecule has 2 aromatic carbocycles. The number of carboxylic acids is 1. The maximum absolute atomic E-state index is 15.5. The lowest BCUT2D eigenvalue weighted by Crippen LogP contribution is -2.44. The summed E-state index contributed by atoms with van der Waals surface area (Å²) in [7, 11) is 0. The number of likely N-dealkylation sites (tertiary alicyclic amines) is 1. The van der Waals surface area contributed by atoms with Crippen LogP contribution in [0.3, 0.4) is 0 Å². The predicted molar refractivity (Wildman–Crippen MR) is 257 cm³/mol. The molecule has 1 unspecified atom stereocenters. The monoisotopic (exact) mass is 1010 g/mol. The summed E-state index contributed by atoms with van der Waals surface area (Å²) in [6.07, 6.45) is -0.0977. The third-order valence-corrected chi connectivity index (χ3v) is 14.3. The van der Waals surface area contributed by atoms with E-state index in [0.717, 1.165) is 10.5 Å². The second kappa shape index (κ2) is 21.3. The highest BCUT2D eigenvalue weighted by Crippen LogP contribution is 2.46. The molecule has 20 nitrogen and oxygen atoms in total. The summed E-state index contributed by atoms with van der Waals surface area (Å²) in [6, 6.07) is 11.1. The Morgan fingerprint density at radius 3 is 2.41 bits per heavy atom. The summed E-state index contributed by atoms with van der Waals surface area (Å²) < 4.78 is 22.1. The minimum Gasteiger partial charge on any atom is -0.480 e. The van der Waals surface area contributed by atoms with Gasteiger partial charge in [0.05, 0.1) is 61.2 Å². The summed E-state index contributed by atoms with van der Waals surface area (Å²) in [5.41, 5.74) is 1.72. The topological polar surface area (TPSA) is 281 Å². The minimum atomic E-state index is -2.07. The number of aliphatic carboxylic acids is 1. The van der Waals surface area contributed by atoms with E-state index >= 15 is 4.39 Å². The van der Waals surface area contributed by atoms with Crippen LogP contribution in [-0.2, 0) is 79.5 Å². The molecule has 73 heavy (non-hydrogen) atoms. The number of halogens is 1. The number of pyridine rings is 2. The SMILES string of the molecule is CC[C@@]1(O)C(=O)OCc2c1cc1n(c2=O)Cc2c-1nc1cc(F)c(C)c3c1c2[C@@H](NC(=O)CNC(=O)[C@@H](CC(=O)CNC(=O)CCC(=O)CN(CCN1C(=O)CC(C)C1=O)CC(=O)O)Cc1ccccc1)CC3. The lowest BCUT2D eigenvalue weighted by molar-refractivity contribution is -0.172. The zero-order valence-corrected chi connectivity index (χ0v) is 40.6. The number of carbonyl (C=O) groups excluding carboxylic acids is 8. The number of aryl methyl sites for hydroxylation is 1. The van der Waals surface area contributed by atoms with Crippen LogP contribution in [0.5, 0.6) is 0 Å². The standard InChI is InChI=1S/C52H56FN7O13/c1-4-52(72)36-19-40-47-34(24-60(40)50(70)35(36)26-73-51(52)71)46-38(12-11-33-28(3)37(53)20-39(57-47)45(33)46)56-42(64)22-55-48(68)30(17-29-8-6-5-7-9-29)18-32(62)21-54-41(63)13-10-31(61)23-58(25-44(66)67)14-15-59-43(65)16-27(2)49(59)69/h5-9,19-20,27,30,38,72H,4,10-18,21-26H2,1-3H3,(H,54,63)(H,55,68)(H,56,64)(H,66,67)/t27?,30-,38+,52+/m1/s1. The molecule has 1 fully saturated rings. The summed E-state index contributed by atoms with van der Waals surface area (Å²) in [4.78, 5) is 137. The van der Waals surface area contributed by atoms with Crippen molar-refractivity contribution in [1.29, 1.82) is 0 Å². The number of aliphatic hydroxyl groups is 1. The fourth-order valence-electron chi connectivity index (χ4n) is 10.4. The Morgan fingerprint density at radius 2 is 1.71 bits per heavy atom. The Hall–Kier alpha value is -7.52. The van der Waals surface area contributed by atoms with E-state index < -0.39 is 95.7 Å². The average Bonchev–Trinajstić information content (AvgIpc) is 3.85. The Kier molecular flexibility index (Phi) is 15.1. The van der Waals surface area contributed by atoms with E-state index in [1.807, 2.05) is 0 Å². The number of esters is 1. The van der Waals surface area contributed by atoms with Crippen LogP contribution in [0.15, 0.2) is 47.3 Å². The van der Waals surface area contributed by atoms with Crippen LogP contribution in [-0.4, -0.2) is 122 Å². The van der Waals surface area contributed by atoms with Crippen molar-refractivity contribution >= 4 is 63.9 Å². The first-order chi connectivity index (χ1) is 34.8. The van der Waals surface area contributed by atoms with Gasteiger partial charge in [-0.15, -0.1) is 0 Å². The van der Waals surface area contributed by atoms with E-state index in [2.05, 4.69) is 16.0 Å². The molecular weight excluding hydrogens is 950 g/mol. The second-order valence-corrected chi connectivity index (χ2v) is 19.2. The van der Waals surface area contributed by atoms with E-state index in [1.165, 1.54) is 15.5 Å². The molecule has 0 spiro atoms. The number of nitrogens with zero attached hydrogens (tertiary/aromatic N) is 4. The highest BCUT2D eigenvalue weighted by Gasteiger charge is 2.46. The Morgan fingerprint density at radius 1 is 0.959 bits per heavy atom. The van der Waals surface area contributed by atoms with Crippen LogP contribution >= 0.6 is 0 Å². The number of carboxylic acid groups (broad SMARTS) is 1. The Labute approximate surface area is 417 Å². The molecule has 5 N–H and O–H groups in total. The van der Waals surface area contributed by atoms with Gasteiger partial charge in [-0.25, -0.2) is 14.2 Å². The molecule has 4 atom stereocenters. The van der Waals surface area contributed by atoms with Crippen LogP contribution in [0.4, 0.5) is 4.39 Å². The molecule has 3 aliphatic heterocycles. The fraction of sp³-hybridized carbons (Fsp3) is 0.442. The van der Waals surface area contributed by atoms with Crippen molar-refractivity contribution in [2.45, 2.75) is 96.9 Å². The van der Waals surface area contributed by atoms with Crippen molar-refractivity contribution in [3.63, 3.8) is 0 Å². The zero-order valence-electron chi connectivity index (χ0n) is 40.6. The van der Waals surface area contributed by atoms with E-state index in [9.17, 15) is 58.2 Å². The number of benzene rings is 2. The summed E-state index contributed by atoms with van der Waals surface area (Å²) >= 11 is 0. The van der Waals surface area contributed by atoms with Crippen molar-refractivity contribution in [2.75, 3.05) is 39.3 Å². The van der Waals surface area contributed by atoms with Gasteiger partial charge >= 0.3 is 11.9 Å². The zero-order chi connectivity index (χ0) is 52.5. The van der Waals surface area contributed by atoms with Crippen molar-refractivity contribution in [2.24, 2.45) is 11.8 Å². The van der Waals surface area contributed by atoms with Crippen LogP contribution < -0.4 is 21.5 Å². The Balaban J connectivity index is 0.906. The van der Waals surface area contributed by atoms with Gasteiger partial charge in [0.1, 0.15) is 18.2 Å². The highest BCUT2D eigenvalue weighted by atomic mass is 19.1. The maximum atomic E-state index is 15.5. The number of nitrogens with one attached hydrogen (secondary N) is 3. The first kappa shape index (κ1) is 51.8. The van der Waals surface area contributed by atoms with Gasteiger partial charge in [-0.05, 0) is 60.9 Å². The molecule has 0 saturated carbocycles. The fourth-order valence-corrected chi connectivity index (χ4v) is 10.4. The summed E-state index contributed by atoms with van der Waals surface area (Å²) in [5.74, 6) is -7.57. The van der Waals surface area contributed by atoms with E-state index in [4.69, 9.17) is 9.72 Å². The van der Waals surface area contributed by atoms with Crippen molar-refractivity contribution < 1.29 is 62.5 Å². The van der Waals surface area contributed by atoms with Gasteiger partial charge in [0.25, 0.3) is 5.56 Å². The number of amides is 5. The molecule has 2 aromatic heterocycles. The number of cyclic esters (lactones) is 1. The van der Waals surface area contributed by atoms with Gasteiger partial charge in [0.15, 0.2) is 11.4 Å². The lowest BCUT2D eigenvalue weighted by atomic mass is 9.81. The molecule has 1 saturated heterocycles. The van der Waals surface area contributed by atoms with Crippen LogP contribution in [0.1, 0.15) is 97.4 Å². The molecule has 5 heterocycles. The van der Waals surface area contributed by atoms with Crippen molar-refractivity contribution in [3.05, 3.63) is 97.6 Å². The molecule has 4 aromatic rings. The van der Waals surface area contributed by atoms with Gasteiger partial charge in [0, 0.05) is 73.2 Å². The van der Waals surface area contributed by atoms with Gasteiger partial charge in [-0.1, -0.05) is 44.2 Å². The molecule has 8 rings (SSSR count). The third kappa shape index (κ3) is 10.7. The number of carbonyl (C=O) groups is 9. The first-order valence-corrected chi connectivity index (χ1v) is 24.3. The molecule has 384 valence electrons. The Bertz CT molecular complexity index is 3050. The predicted octanol–water partition coefficient (Wildman–Crippen LogP) is 1.81. The van der Waals surface area contributed by atoms with E-state index in [-0.39, 0.29) is 94.3 Å². The molecule has 1 aliphatic carbocycles. The van der Waals surface area contributed by atoms with Crippen LogP contribution in [0.25, 0.3) is 22.3 Å². The smallest absolute Gasteiger partial charge is 0.343 e. The number of hydrogen-bond acceptors (Lipinski definition) is 14. The number of aromatic nitrogens is 2. The van der Waals surface area contributed by atoms with Gasteiger partial charge in [-0.2, -0.15) is 0 Å². The molecule has 21 heteroatoms. The molecule has 0 radical (unpaired) electrons. The van der Waals surface area contributed by atoms with Crippen LogP contribution in [0.2, 0.25) is 0 Å². The number of rotatable bonds is 21. The normalized spacial score (nSPS) is 19.0. The average molecular weight is 1010 g/mol. The number of ketones is 2. The highest BCUT2D eigenvalue weighted by molar-refractivity contribution is 6.03. The summed E-state index contributed by atoms with van der Waals surface area (Å²) in [5, 5.41) is 29.5. The molecule has 5 amide bonds. The van der Waals surface area contributed by atoms with Crippen LogP contribution in [0, 0.1) is 24.6 Å². The second-order valence-electron chi connectivity index (χ2n) is 19.2. The van der Waals surface area contributed by atoms with E-state index in [1.54, 1.807) is 57.2 Å². The number of hydrogen-bond donors (Lipinski definition) is 5. The number of imide groups is 1. The minimum absolute atomic E-state index is 0.0296. The number of fused-ring (bicyclic) bond motifs is 5. The maximum Gasteiger partial charge on any atom is 0.343 e. The number of ether oxygens (including phenoxy) is 1.